The molecule has 0 spiro atoms. The summed E-state index contributed by atoms with van der Waals surface area (Å²) in [6, 6.07) is 18.1. The Morgan fingerprint density at radius 2 is 1.82 bits per heavy atom. The average Bonchev–Trinajstić information content (AvgIpc) is 3.00. The van der Waals surface area contributed by atoms with Crippen LogP contribution >= 0.6 is 0 Å². The molecule has 1 unspecified atom stereocenters. The van der Waals surface area contributed by atoms with Crippen molar-refractivity contribution in [2.75, 3.05) is 0 Å². The lowest BCUT2D eigenvalue weighted by Gasteiger charge is -2.25. The van der Waals surface area contributed by atoms with Crippen LogP contribution in [0.15, 0.2) is 54.6 Å². The first-order chi connectivity index (χ1) is 13.6. The number of carbonyl (C=O) groups excluding carboxylic acids is 1. The number of aryl methyl sites for hydroxylation is 1. The van der Waals surface area contributed by atoms with Crippen LogP contribution in [0.4, 0.5) is 0 Å². The summed E-state index contributed by atoms with van der Waals surface area (Å²) in [5.41, 5.74) is 4.40. The molecule has 28 heavy (non-hydrogen) atoms. The summed E-state index contributed by atoms with van der Waals surface area (Å²) in [4.78, 5) is 23.7. The molecule has 0 bridgehead atoms. The van der Waals surface area contributed by atoms with Crippen molar-refractivity contribution in [2.24, 2.45) is 0 Å². The second-order valence-electron chi connectivity index (χ2n) is 7.42. The van der Waals surface area contributed by atoms with Gasteiger partial charge in [-0.1, -0.05) is 48.5 Å². The number of fused-ring (bicyclic) bond motifs is 3. The van der Waals surface area contributed by atoms with Crippen LogP contribution in [0.5, 0.6) is 0 Å². The van der Waals surface area contributed by atoms with Gasteiger partial charge in [0.1, 0.15) is 6.54 Å². The fraction of sp³-hybridized carbons (Fsp3) is 0.304. The topological polar surface area (TPSA) is 71.3 Å². The van der Waals surface area contributed by atoms with E-state index in [1.165, 1.54) is 11.1 Å². The maximum Gasteiger partial charge on any atom is 0.323 e. The van der Waals surface area contributed by atoms with Gasteiger partial charge in [0.25, 0.3) is 0 Å². The number of carboxylic acid groups (broad SMARTS) is 1. The minimum Gasteiger partial charge on any atom is -0.480 e. The second kappa shape index (κ2) is 7.89. The van der Waals surface area contributed by atoms with Gasteiger partial charge in [0.15, 0.2) is 0 Å². The van der Waals surface area contributed by atoms with E-state index in [4.69, 9.17) is 0 Å². The van der Waals surface area contributed by atoms with E-state index in [-0.39, 0.29) is 18.5 Å². The number of aromatic nitrogens is 1. The fourth-order valence-corrected chi connectivity index (χ4v) is 4.24. The Labute approximate surface area is 164 Å². The van der Waals surface area contributed by atoms with Crippen LogP contribution in [-0.2, 0) is 35.4 Å². The van der Waals surface area contributed by atoms with E-state index in [9.17, 15) is 14.7 Å². The minimum absolute atomic E-state index is 0.0239. The lowest BCUT2D eigenvalue weighted by atomic mass is 9.91. The Morgan fingerprint density at radius 1 is 1.07 bits per heavy atom. The number of rotatable bonds is 6. The molecule has 5 heteroatoms. The fourth-order valence-electron chi connectivity index (χ4n) is 4.24. The summed E-state index contributed by atoms with van der Waals surface area (Å²) in [6.07, 6.45) is 3.58. The number of carboxylic acids is 1. The van der Waals surface area contributed by atoms with E-state index in [1.54, 1.807) is 0 Å². The first kappa shape index (κ1) is 18.3. The summed E-state index contributed by atoms with van der Waals surface area (Å²) in [7, 11) is 0. The molecule has 1 aliphatic carbocycles. The normalized spacial score (nSPS) is 15.9. The van der Waals surface area contributed by atoms with Gasteiger partial charge < -0.3 is 15.0 Å². The molecule has 0 aliphatic heterocycles. The van der Waals surface area contributed by atoms with E-state index < -0.39 is 5.97 Å². The van der Waals surface area contributed by atoms with Gasteiger partial charge in [0.2, 0.25) is 5.91 Å². The summed E-state index contributed by atoms with van der Waals surface area (Å²) < 4.78 is 1.92. The first-order valence-electron chi connectivity index (χ1n) is 9.76. The zero-order valence-corrected chi connectivity index (χ0v) is 15.7. The van der Waals surface area contributed by atoms with Gasteiger partial charge in [-0.2, -0.15) is 0 Å². The second-order valence-corrected chi connectivity index (χ2v) is 7.42. The smallest absolute Gasteiger partial charge is 0.323 e. The van der Waals surface area contributed by atoms with E-state index >= 15 is 0 Å². The molecule has 0 fully saturated rings. The number of nitrogens with one attached hydrogen (secondary N) is 1. The highest BCUT2D eigenvalue weighted by Gasteiger charge is 2.26. The van der Waals surface area contributed by atoms with Crippen molar-refractivity contribution in [2.45, 2.75) is 44.7 Å². The molecule has 2 aromatic carbocycles. The molecule has 0 saturated heterocycles. The SMILES string of the molecule is O=C(O)Cn1c2c(c3ccccc31)CC(NC(=O)CCc1ccccc1)CC2. The lowest BCUT2D eigenvalue weighted by molar-refractivity contribution is -0.137. The number of amides is 1. The lowest BCUT2D eigenvalue weighted by Crippen LogP contribution is -2.39. The van der Waals surface area contributed by atoms with E-state index in [0.29, 0.717) is 6.42 Å². The van der Waals surface area contributed by atoms with Crippen LogP contribution in [-0.4, -0.2) is 27.6 Å². The van der Waals surface area contributed by atoms with Crippen molar-refractivity contribution in [3.63, 3.8) is 0 Å². The molecule has 2 N–H and O–H groups in total. The zero-order chi connectivity index (χ0) is 19.5. The molecule has 4 rings (SSSR count). The van der Waals surface area contributed by atoms with Gasteiger partial charge in [0.05, 0.1) is 0 Å². The molecule has 1 atom stereocenters. The van der Waals surface area contributed by atoms with Crippen molar-refractivity contribution in [3.8, 4) is 0 Å². The highest BCUT2D eigenvalue weighted by Crippen LogP contribution is 2.32. The van der Waals surface area contributed by atoms with Crippen molar-refractivity contribution in [1.29, 1.82) is 0 Å². The Hall–Kier alpha value is -3.08. The van der Waals surface area contributed by atoms with Gasteiger partial charge in [-0.15, -0.1) is 0 Å². The predicted molar refractivity (Wildman–Crippen MR) is 108 cm³/mol. The van der Waals surface area contributed by atoms with E-state index in [0.717, 1.165) is 42.3 Å². The van der Waals surface area contributed by atoms with Crippen LogP contribution in [0.1, 0.15) is 29.7 Å². The Kier molecular flexibility index (Phi) is 5.15. The van der Waals surface area contributed by atoms with Gasteiger partial charge in [0, 0.05) is 29.1 Å². The number of benzene rings is 2. The predicted octanol–water partition coefficient (Wildman–Crippen LogP) is 3.33. The van der Waals surface area contributed by atoms with Gasteiger partial charge in [-0.3, -0.25) is 9.59 Å². The van der Waals surface area contributed by atoms with Crippen LogP contribution in [0.25, 0.3) is 10.9 Å². The summed E-state index contributed by atoms with van der Waals surface area (Å²) >= 11 is 0. The Morgan fingerprint density at radius 3 is 2.61 bits per heavy atom. The number of aliphatic carboxylic acids is 1. The summed E-state index contributed by atoms with van der Waals surface area (Å²) in [5, 5.41) is 13.6. The van der Waals surface area contributed by atoms with Crippen LogP contribution < -0.4 is 5.32 Å². The molecule has 0 radical (unpaired) electrons. The highest BCUT2D eigenvalue weighted by atomic mass is 16.4. The van der Waals surface area contributed by atoms with Crippen molar-refractivity contribution >= 4 is 22.8 Å². The van der Waals surface area contributed by atoms with E-state index in [1.807, 2.05) is 59.2 Å². The van der Waals surface area contributed by atoms with Crippen LogP contribution in [0, 0.1) is 0 Å². The van der Waals surface area contributed by atoms with Gasteiger partial charge in [-0.05, 0) is 42.9 Å². The number of nitrogens with zero attached hydrogens (tertiary/aromatic N) is 1. The van der Waals surface area contributed by atoms with Gasteiger partial charge >= 0.3 is 5.97 Å². The maximum absolute atomic E-state index is 12.4. The minimum atomic E-state index is -0.833. The number of hydrogen-bond donors (Lipinski definition) is 2. The molecule has 5 nitrogen and oxygen atoms in total. The quantitative estimate of drug-likeness (QED) is 0.693. The van der Waals surface area contributed by atoms with E-state index in [2.05, 4.69) is 5.32 Å². The molecular weight excluding hydrogens is 352 g/mol. The Balaban J connectivity index is 1.47. The highest BCUT2D eigenvalue weighted by molar-refractivity contribution is 5.87. The average molecular weight is 376 g/mol. The maximum atomic E-state index is 12.4. The van der Waals surface area contributed by atoms with Crippen LogP contribution in [0.3, 0.4) is 0 Å². The molecule has 0 saturated carbocycles. The molecule has 1 aromatic heterocycles. The Bertz CT molecular complexity index is 1010. The standard InChI is InChI=1S/C23H24N2O3/c26-22(13-10-16-6-2-1-3-7-16)24-17-11-12-21-19(14-17)18-8-4-5-9-20(18)25(21)15-23(27)28/h1-9,17H,10-15H2,(H,24,26)(H,27,28). The number of carbonyl (C=O) groups is 2. The van der Waals surface area contributed by atoms with Crippen molar-refractivity contribution in [3.05, 3.63) is 71.4 Å². The van der Waals surface area contributed by atoms with Crippen LogP contribution in [0.2, 0.25) is 0 Å². The molecule has 3 aromatic rings. The first-order valence-corrected chi connectivity index (χ1v) is 9.76. The summed E-state index contributed by atoms with van der Waals surface area (Å²) in [5.74, 6) is -0.758. The number of para-hydroxylation sites is 1. The van der Waals surface area contributed by atoms with Gasteiger partial charge in [-0.25, -0.2) is 0 Å². The third-order valence-electron chi connectivity index (χ3n) is 5.52. The third kappa shape index (κ3) is 3.79. The summed E-state index contributed by atoms with van der Waals surface area (Å²) in [6.45, 7) is -0.0239. The third-order valence-corrected chi connectivity index (χ3v) is 5.52. The monoisotopic (exact) mass is 376 g/mol. The zero-order valence-electron chi connectivity index (χ0n) is 15.7. The van der Waals surface area contributed by atoms with Crippen molar-refractivity contribution in [1.82, 2.24) is 9.88 Å². The number of hydrogen-bond acceptors (Lipinski definition) is 2. The van der Waals surface area contributed by atoms with Crippen molar-refractivity contribution < 1.29 is 14.7 Å². The molecule has 1 heterocycles. The largest absolute Gasteiger partial charge is 0.480 e. The molecule has 1 amide bonds. The molecule has 144 valence electrons. The molecular formula is C23H24N2O3. The molecule has 1 aliphatic rings.